The van der Waals surface area contributed by atoms with Crippen LogP contribution in [-0.4, -0.2) is 23.9 Å². The van der Waals surface area contributed by atoms with Crippen LogP contribution in [-0.2, 0) is 9.59 Å². The van der Waals surface area contributed by atoms with Gasteiger partial charge in [-0.25, -0.2) is 4.39 Å². The summed E-state index contributed by atoms with van der Waals surface area (Å²) in [7, 11) is 1.50. The fraction of sp³-hybridized carbons (Fsp3) is 0.0833. The minimum atomic E-state index is -1.17. The third kappa shape index (κ3) is 3.66. The van der Waals surface area contributed by atoms with Crippen LogP contribution < -0.4 is 9.64 Å². The summed E-state index contributed by atoms with van der Waals surface area (Å²) in [4.78, 5) is 27.2. The van der Waals surface area contributed by atoms with E-state index in [-0.39, 0.29) is 11.1 Å². The Balaban J connectivity index is 1.95. The Hall–Kier alpha value is -3.64. The first-order valence-corrected chi connectivity index (χ1v) is 9.75. The normalized spacial score (nSPS) is 17.8. The van der Waals surface area contributed by atoms with Crippen LogP contribution in [0.2, 0.25) is 5.02 Å². The highest BCUT2D eigenvalue weighted by atomic mass is 35.5. The second-order valence-electron chi connectivity index (χ2n) is 6.90. The summed E-state index contributed by atoms with van der Waals surface area (Å²) in [6, 6.07) is 17.3. The highest BCUT2D eigenvalue weighted by molar-refractivity contribution is 6.51. The molecule has 0 radical (unpaired) electrons. The van der Waals surface area contributed by atoms with E-state index in [1.54, 1.807) is 48.5 Å². The van der Waals surface area contributed by atoms with Gasteiger partial charge in [-0.05, 0) is 48.5 Å². The number of Topliss-reactive ketones (excluding diaryl/α,β-unsaturated/α-hetero) is 1. The Morgan fingerprint density at radius 3 is 2.39 bits per heavy atom. The maximum Gasteiger partial charge on any atom is 0.300 e. The van der Waals surface area contributed by atoms with Crippen LogP contribution in [0.4, 0.5) is 10.1 Å². The average Bonchev–Trinajstić information content (AvgIpc) is 3.04. The predicted molar refractivity (Wildman–Crippen MR) is 116 cm³/mol. The number of benzene rings is 3. The lowest BCUT2D eigenvalue weighted by Crippen LogP contribution is -2.29. The van der Waals surface area contributed by atoms with Gasteiger partial charge in [-0.3, -0.25) is 14.5 Å². The molecule has 156 valence electrons. The third-order valence-corrected chi connectivity index (χ3v) is 5.33. The summed E-state index contributed by atoms with van der Waals surface area (Å²) in [5, 5.41) is 11.4. The number of hydrogen-bond acceptors (Lipinski definition) is 4. The van der Waals surface area contributed by atoms with Crippen molar-refractivity contribution in [3.8, 4) is 5.75 Å². The number of aliphatic hydroxyl groups excluding tert-OH is 1. The van der Waals surface area contributed by atoms with Gasteiger partial charge in [0.05, 0.1) is 18.7 Å². The Labute approximate surface area is 182 Å². The van der Waals surface area contributed by atoms with Gasteiger partial charge >= 0.3 is 0 Å². The number of anilines is 1. The number of methoxy groups -OCH3 is 1. The summed E-state index contributed by atoms with van der Waals surface area (Å²) in [6.45, 7) is 0. The van der Waals surface area contributed by atoms with Crippen molar-refractivity contribution in [1.82, 2.24) is 0 Å². The van der Waals surface area contributed by atoms with Crippen molar-refractivity contribution in [1.29, 1.82) is 0 Å². The molecule has 1 atom stereocenters. The number of amides is 1. The summed E-state index contributed by atoms with van der Waals surface area (Å²) >= 11 is 6.09. The van der Waals surface area contributed by atoms with E-state index in [1.165, 1.54) is 31.4 Å². The van der Waals surface area contributed by atoms with Gasteiger partial charge in [-0.2, -0.15) is 0 Å². The fourth-order valence-corrected chi connectivity index (χ4v) is 3.80. The molecule has 1 unspecified atom stereocenters. The van der Waals surface area contributed by atoms with Crippen LogP contribution in [0.1, 0.15) is 17.2 Å². The smallest absolute Gasteiger partial charge is 0.300 e. The summed E-state index contributed by atoms with van der Waals surface area (Å²) in [5.41, 5.74) is 0.486. The van der Waals surface area contributed by atoms with E-state index < -0.39 is 29.3 Å². The Kier molecular flexibility index (Phi) is 5.48. The van der Waals surface area contributed by atoms with E-state index in [0.29, 0.717) is 22.0 Å². The molecule has 1 heterocycles. The zero-order valence-electron chi connectivity index (χ0n) is 16.4. The molecule has 31 heavy (non-hydrogen) atoms. The van der Waals surface area contributed by atoms with E-state index >= 15 is 0 Å². The molecule has 1 N–H and O–H groups in total. The second kappa shape index (κ2) is 8.24. The maximum atomic E-state index is 14.8. The number of nitrogens with zero attached hydrogens (tertiary/aromatic N) is 1. The largest absolute Gasteiger partial charge is 0.507 e. The zero-order chi connectivity index (χ0) is 22.1. The van der Waals surface area contributed by atoms with Crippen molar-refractivity contribution >= 4 is 34.7 Å². The summed E-state index contributed by atoms with van der Waals surface area (Å²) < 4.78 is 19.9. The molecule has 1 saturated heterocycles. The van der Waals surface area contributed by atoms with Crippen molar-refractivity contribution < 1.29 is 23.8 Å². The monoisotopic (exact) mass is 437 g/mol. The van der Waals surface area contributed by atoms with Crippen LogP contribution in [0.15, 0.2) is 78.4 Å². The molecular weight excluding hydrogens is 421 g/mol. The molecule has 3 aromatic carbocycles. The molecule has 0 aromatic heterocycles. The van der Waals surface area contributed by atoms with Gasteiger partial charge in [0.25, 0.3) is 11.7 Å². The standard InChI is InChI=1S/C24H17ClFNO4/c1-31-17-11-9-14(10-12-17)22(28)20-21(18-7-2-3-8-19(18)26)27(24(30)23(20)29)16-6-4-5-15(25)13-16/h2-13,21,28H,1H3/b22-20+. The number of aliphatic hydroxyl groups is 1. The third-order valence-electron chi connectivity index (χ3n) is 5.09. The van der Waals surface area contributed by atoms with E-state index in [1.807, 2.05) is 0 Å². The van der Waals surface area contributed by atoms with Crippen molar-refractivity contribution in [3.05, 3.63) is 100 Å². The number of carbonyl (C=O) groups is 2. The number of ketones is 1. The van der Waals surface area contributed by atoms with Gasteiger partial charge in [0.15, 0.2) is 0 Å². The zero-order valence-corrected chi connectivity index (χ0v) is 17.1. The van der Waals surface area contributed by atoms with Crippen LogP contribution in [0.25, 0.3) is 5.76 Å². The second-order valence-corrected chi connectivity index (χ2v) is 7.34. The highest BCUT2D eigenvalue weighted by Crippen LogP contribution is 2.43. The molecule has 0 spiro atoms. The van der Waals surface area contributed by atoms with E-state index in [9.17, 15) is 19.1 Å². The Morgan fingerprint density at radius 1 is 1.03 bits per heavy atom. The van der Waals surface area contributed by atoms with Crippen molar-refractivity contribution in [2.45, 2.75) is 6.04 Å². The predicted octanol–water partition coefficient (Wildman–Crippen LogP) is 5.11. The van der Waals surface area contributed by atoms with Crippen molar-refractivity contribution in [2.24, 2.45) is 0 Å². The molecule has 0 bridgehead atoms. The molecule has 4 rings (SSSR count). The van der Waals surface area contributed by atoms with Crippen molar-refractivity contribution in [3.63, 3.8) is 0 Å². The maximum absolute atomic E-state index is 14.8. The van der Waals surface area contributed by atoms with Crippen LogP contribution in [0.5, 0.6) is 5.75 Å². The van der Waals surface area contributed by atoms with Crippen molar-refractivity contribution in [2.75, 3.05) is 12.0 Å². The molecule has 3 aromatic rings. The molecule has 0 aliphatic carbocycles. The van der Waals surface area contributed by atoms with Crippen LogP contribution >= 0.6 is 11.6 Å². The quantitative estimate of drug-likeness (QED) is 0.350. The highest BCUT2D eigenvalue weighted by Gasteiger charge is 2.47. The van der Waals surface area contributed by atoms with E-state index in [0.717, 1.165) is 4.90 Å². The Bertz CT molecular complexity index is 1210. The molecule has 1 aliphatic heterocycles. The van der Waals surface area contributed by atoms with Crippen LogP contribution in [0.3, 0.4) is 0 Å². The molecular formula is C24H17ClFNO4. The van der Waals surface area contributed by atoms with E-state index in [2.05, 4.69) is 0 Å². The number of halogens is 2. The summed E-state index contributed by atoms with van der Waals surface area (Å²) in [6.07, 6.45) is 0. The molecule has 0 saturated carbocycles. The van der Waals surface area contributed by atoms with Gasteiger partial charge < -0.3 is 9.84 Å². The summed E-state index contributed by atoms with van der Waals surface area (Å²) in [5.74, 6) is -2.26. The van der Waals surface area contributed by atoms with Gasteiger partial charge in [0.1, 0.15) is 17.3 Å². The van der Waals surface area contributed by atoms with Gasteiger partial charge in [0.2, 0.25) is 0 Å². The lowest BCUT2D eigenvalue weighted by Gasteiger charge is -2.25. The van der Waals surface area contributed by atoms with Crippen LogP contribution in [0, 0.1) is 5.82 Å². The number of carbonyl (C=O) groups excluding carboxylic acids is 2. The number of ether oxygens (including phenoxy) is 1. The molecule has 1 amide bonds. The first-order chi connectivity index (χ1) is 14.9. The average molecular weight is 438 g/mol. The fourth-order valence-electron chi connectivity index (χ4n) is 3.62. The SMILES string of the molecule is COc1ccc(/C(O)=C2\C(=O)C(=O)N(c3cccc(Cl)c3)C2c2ccccc2F)cc1. The lowest BCUT2D eigenvalue weighted by atomic mass is 9.94. The molecule has 5 nitrogen and oxygen atoms in total. The van der Waals surface area contributed by atoms with E-state index in [4.69, 9.17) is 16.3 Å². The number of rotatable bonds is 4. The first-order valence-electron chi connectivity index (χ1n) is 9.38. The molecule has 1 fully saturated rings. The Morgan fingerprint density at radius 2 is 1.74 bits per heavy atom. The minimum Gasteiger partial charge on any atom is -0.507 e. The molecule has 1 aliphatic rings. The van der Waals surface area contributed by atoms with Gasteiger partial charge in [-0.15, -0.1) is 0 Å². The van der Waals surface area contributed by atoms with Gasteiger partial charge in [0, 0.05) is 21.8 Å². The lowest BCUT2D eigenvalue weighted by molar-refractivity contribution is -0.132. The molecule has 7 heteroatoms. The number of hydrogen-bond donors (Lipinski definition) is 1. The first kappa shape index (κ1) is 20.6. The minimum absolute atomic E-state index is 0.0803. The van der Waals surface area contributed by atoms with Gasteiger partial charge in [-0.1, -0.05) is 35.9 Å². The topological polar surface area (TPSA) is 66.8 Å².